The molecule has 160 valence electrons. The number of benzene rings is 4. The van der Waals surface area contributed by atoms with Crippen LogP contribution >= 0.6 is 0 Å². The van der Waals surface area contributed by atoms with Crippen LogP contribution in [-0.2, 0) is 22.9 Å². The summed E-state index contributed by atoms with van der Waals surface area (Å²) in [6, 6.07) is 23.3. The SMILES string of the molecule is Cc1ccc(S(=O)(=O)Nc2cccc(C(=O)Nc3ccc4c5c(cccc35)CC4)c2)cc1. The van der Waals surface area contributed by atoms with E-state index in [1.165, 1.54) is 16.5 Å². The fourth-order valence-electron chi connectivity index (χ4n) is 4.21. The van der Waals surface area contributed by atoms with Gasteiger partial charge in [0, 0.05) is 22.3 Å². The van der Waals surface area contributed by atoms with Gasteiger partial charge in [-0.1, -0.05) is 48.0 Å². The molecule has 0 unspecified atom stereocenters. The topological polar surface area (TPSA) is 75.3 Å². The van der Waals surface area contributed by atoms with Crippen molar-refractivity contribution in [2.45, 2.75) is 24.7 Å². The highest BCUT2D eigenvalue weighted by Gasteiger charge is 2.18. The minimum Gasteiger partial charge on any atom is -0.321 e. The van der Waals surface area contributed by atoms with Gasteiger partial charge in [0.1, 0.15) is 0 Å². The minimum atomic E-state index is -3.74. The summed E-state index contributed by atoms with van der Waals surface area (Å²) in [7, 11) is -3.74. The maximum absolute atomic E-state index is 13.0. The van der Waals surface area contributed by atoms with Crippen LogP contribution in [0.1, 0.15) is 27.0 Å². The van der Waals surface area contributed by atoms with Crippen LogP contribution in [0.4, 0.5) is 11.4 Å². The Bertz CT molecular complexity index is 1450. The predicted octanol–water partition coefficient (Wildman–Crippen LogP) is 5.30. The van der Waals surface area contributed by atoms with Crippen LogP contribution in [-0.4, -0.2) is 14.3 Å². The number of rotatable bonds is 5. The number of carbonyl (C=O) groups excluding carboxylic acids is 1. The zero-order valence-corrected chi connectivity index (χ0v) is 18.4. The maximum Gasteiger partial charge on any atom is 0.261 e. The molecule has 0 spiro atoms. The summed E-state index contributed by atoms with van der Waals surface area (Å²) in [5.74, 6) is -0.292. The monoisotopic (exact) mass is 442 g/mol. The number of amides is 1. The van der Waals surface area contributed by atoms with E-state index in [-0.39, 0.29) is 10.8 Å². The molecule has 5 rings (SSSR count). The van der Waals surface area contributed by atoms with Gasteiger partial charge >= 0.3 is 0 Å². The zero-order chi connectivity index (χ0) is 22.3. The molecule has 0 aromatic heterocycles. The van der Waals surface area contributed by atoms with Crippen LogP contribution in [0.25, 0.3) is 10.8 Å². The minimum absolute atomic E-state index is 0.172. The second-order valence-electron chi connectivity index (χ2n) is 8.07. The first-order valence-electron chi connectivity index (χ1n) is 10.5. The van der Waals surface area contributed by atoms with Crippen molar-refractivity contribution in [3.8, 4) is 0 Å². The normalized spacial score (nSPS) is 12.7. The second-order valence-corrected chi connectivity index (χ2v) is 9.75. The Hall–Kier alpha value is -3.64. The smallest absolute Gasteiger partial charge is 0.261 e. The first-order chi connectivity index (χ1) is 15.4. The molecule has 0 radical (unpaired) electrons. The summed E-state index contributed by atoms with van der Waals surface area (Å²) in [5.41, 5.74) is 5.05. The fraction of sp³-hybridized carbons (Fsp3) is 0.115. The third-order valence-corrected chi connectivity index (χ3v) is 7.23. The van der Waals surface area contributed by atoms with Crippen molar-refractivity contribution in [2.75, 3.05) is 10.0 Å². The Labute approximate surface area is 187 Å². The lowest BCUT2D eigenvalue weighted by Crippen LogP contribution is -2.15. The van der Waals surface area contributed by atoms with Gasteiger partial charge in [0.25, 0.3) is 15.9 Å². The zero-order valence-electron chi connectivity index (χ0n) is 17.6. The Morgan fingerprint density at radius 3 is 2.34 bits per heavy atom. The number of carbonyl (C=O) groups is 1. The van der Waals surface area contributed by atoms with Crippen LogP contribution in [0.5, 0.6) is 0 Å². The van der Waals surface area contributed by atoms with Crippen LogP contribution in [0.2, 0.25) is 0 Å². The summed E-state index contributed by atoms with van der Waals surface area (Å²) in [6.07, 6.45) is 2.04. The molecule has 4 aromatic rings. The van der Waals surface area contributed by atoms with Gasteiger partial charge in [-0.15, -0.1) is 0 Å². The number of anilines is 2. The van der Waals surface area contributed by atoms with E-state index in [4.69, 9.17) is 0 Å². The standard InChI is InChI=1S/C26H22N2O3S/c1-17-8-13-22(14-9-17)32(30,31)28-21-6-2-5-20(16-21)26(29)27-24-15-12-19-11-10-18-4-3-7-23(24)25(18)19/h2-9,12-16,28H,10-11H2,1H3,(H,27,29). The molecule has 6 heteroatoms. The number of hydrogen-bond acceptors (Lipinski definition) is 3. The van der Waals surface area contributed by atoms with Crippen LogP contribution in [0.15, 0.2) is 83.8 Å². The summed E-state index contributed by atoms with van der Waals surface area (Å²) in [5, 5.41) is 5.25. The van der Waals surface area contributed by atoms with Gasteiger partial charge in [-0.3, -0.25) is 9.52 Å². The largest absolute Gasteiger partial charge is 0.321 e. The van der Waals surface area contributed by atoms with E-state index in [1.807, 2.05) is 25.1 Å². The van der Waals surface area contributed by atoms with Crippen molar-refractivity contribution in [3.63, 3.8) is 0 Å². The third kappa shape index (κ3) is 3.74. The van der Waals surface area contributed by atoms with Crippen molar-refractivity contribution in [1.82, 2.24) is 0 Å². The third-order valence-electron chi connectivity index (χ3n) is 5.83. The molecule has 0 atom stereocenters. The molecule has 32 heavy (non-hydrogen) atoms. The predicted molar refractivity (Wildman–Crippen MR) is 128 cm³/mol. The van der Waals surface area contributed by atoms with Crippen molar-refractivity contribution in [2.24, 2.45) is 0 Å². The molecule has 0 heterocycles. The molecule has 1 amide bonds. The van der Waals surface area contributed by atoms with Crippen LogP contribution < -0.4 is 10.0 Å². The van der Waals surface area contributed by atoms with Crippen LogP contribution in [0, 0.1) is 6.92 Å². The van der Waals surface area contributed by atoms with Gasteiger partial charge in [-0.05, 0) is 72.7 Å². The highest BCUT2D eigenvalue weighted by atomic mass is 32.2. The Kier molecular flexibility index (Phi) is 4.94. The molecule has 0 saturated heterocycles. The van der Waals surface area contributed by atoms with Gasteiger partial charge in [0.2, 0.25) is 0 Å². The quantitative estimate of drug-likeness (QED) is 0.440. The molecule has 0 bridgehead atoms. The lowest BCUT2D eigenvalue weighted by atomic mass is 10.0. The highest BCUT2D eigenvalue weighted by Crippen LogP contribution is 2.35. The van der Waals surface area contributed by atoms with Gasteiger partial charge in [0.15, 0.2) is 0 Å². The van der Waals surface area contributed by atoms with E-state index in [2.05, 4.69) is 22.2 Å². The van der Waals surface area contributed by atoms with Gasteiger partial charge < -0.3 is 5.32 Å². The molecule has 0 fully saturated rings. The van der Waals surface area contributed by atoms with E-state index >= 15 is 0 Å². The molecule has 5 nitrogen and oxygen atoms in total. The lowest BCUT2D eigenvalue weighted by molar-refractivity contribution is 0.102. The van der Waals surface area contributed by atoms with E-state index < -0.39 is 10.0 Å². The molecule has 0 saturated carbocycles. The number of aryl methyl sites for hydroxylation is 3. The summed E-state index contributed by atoms with van der Waals surface area (Å²) in [4.78, 5) is 13.2. The average molecular weight is 443 g/mol. The summed E-state index contributed by atoms with van der Waals surface area (Å²) in [6.45, 7) is 1.90. The molecular formula is C26H22N2O3S. The molecular weight excluding hydrogens is 420 g/mol. The first-order valence-corrected chi connectivity index (χ1v) is 11.9. The van der Waals surface area contributed by atoms with Crippen molar-refractivity contribution in [1.29, 1.82) is 0 Å². The Morgan fingerprint density at radius 2 is 1.56 bits per heavy atom. The number of sulfonamides is 1. The first kappa shape index (κ1) is 20.3. The lowest BCUT2D eigenvalue weighted by Gasteiger charge is -2.12. The van der Waals surface area contributed by atoms with Gasteiger partial charge in [-0.25, -0.2) is 8.42 Å². The number of hydrogen-bond donors (Lipinski definition) is 2. The van der Waals surface area contributed by atoms with E-state index in [1.54, 1.807) is 48.5 Å². The van der Waals surface area contributed by atoms with Crippen molar-refractivity contribution >= 4 is 38.1 Å². The molecule has 2 N–H and O–H groups in total. The summed E-state index contributed by atoms with van der Waals surface area (Å²) < 4.78 is 27.9. The summed E-state index contributed by atoms with van der Waals surface area (Å²) >= 11 is 0. The van der Waals surface area contributed by atoms with Gasteiger partial charge in [0.05, 0.1) is 4.90 Å². The molecule has 0 aliphatic heterocycles. The maximum atomic E-state index is 13.0. The van der Waals surface area contributed by atoms with E-state index in [0.717, 1.165) is 29.5 Å². The Balaban J connectivity index is 1.40. The van der Waals surface area contributed by atoms with Crippen molar-refractivity contribution < 1.29 is 13.2 Å². The number of nitrogens with one attached hydrogen (secondary N) is 2. The Morgan fingerprint density at radius 1 is 0.844 bits per heavy atom. The van der Waals surface area contributed by atoms with Gasteiger partial charge in [-0.2, -0.15) is 0 Å². The molecule has 1 aliphatic carbocycles. The highest BCUT2D eigenvalue weighted by molar-refractivity contribution is 7.92. The molecule has 1 aliphatic rings. The van der Waals surface area contributed by atoms with E-state index in [9.17, 15) is 13.2 Å². The molecule has 4 aromatic carbocycles. The van der Waals surface area contributed by atoms with E-state index in [0.29, 0.717) is 11.3 Å². The fourth-order valence-corrected chi connectivity index (χ4v) is 5.26. The average Bonchev–Trinajstić information content (AvgIpc) is 3.20. The van der Waals surface area contributed by atoms with Crippen molar-refractivity contribution in [3.05, 3.63) is 101 Å². The second kappa shape index (κ2) is 7.80. The van der Waals surface area contributed by atoms with Crippen LogP contribution in [0.3, 0.4) is 0 Å².